The summed E-state index contributed by atoms with van der Waals surface area (Å²) in [7, 11) is 1.33. The fourth-order valence-electron chi connectivity index (χ4n) is 4.67. The van der Waals surface area contributed by atoms with Gasteiger partial charge in [0.2, 0.25) is 0 Å². The van der Waals surface area contributed by atoms with Gasteiger partial charge in [0.25, 0.3) is 11.6 Å². The van der Waals surface area contributed by atoms with E-state index in [-0.39, 0.29) is 17.4 Å². The first kappa shape index (κ1) is 23.2. The van der Waals surface area contributed by atoms with Crippen molar-refractivity contribution in [3.05, 3.63) is 71.4 Å². The summed E-state index contributed by atoms with van der Waals surface area (Å²) in [6, 6.07) is 16.7. The van der Waals surface area contributed by atoms with Gasteiger partial charge < -0.3 is 24.2 Å². The van der Waals surface area contributed by atoms with Crippen LogP contribution in [0.25, 0.3) is 22.4 Å². The first-order chi connectivity index (χ1) is 18.1. The summed E-state index contributed by atoms with van der Waals surface area (Å²) < 4.78 is 16.1. The molecule has 37 heavy (non-hydrogen) atoms. The molecule has 188 valence electrons. The molecule has 1 amide bonds. The number of carbonyl (C=O) groups is 2. The molecule has 2 aliphatic rings. The summed E-state index contributed by atoms with van der Waals surface area (Å²) in [5.41, 5.74) is 4.45. The molecular formula is C28H26N4O5. The lowest BCUT2D eigenvalue weighted by atomic mass is 10.0. The number of carbonyl (C=O) groups excluding carboxylic acids is 2. The highest BCUT2D eigenvalue weighted by molar-refractivity contribution is 6.15. The molecule has 4 aromatic rings. The fraction of sp³-hybridized carbons (Fsp3) is 0.286. The Morgan fingerprint density at radius 1 is 1.03 bits per heavy atom. The zero-order chi connectivity index (χ0) is 25.4. The number of amides is 1. The van der Waals surface area contributed by atoms with E-state index in [0.29, 0.717) is 41.3 Å². The predicted molar refractivity (Wildman–Crippen MR) is 138 cm³/mol. The average Bonchev–Trinajstić information content (AvgIpc) is 3.71. The molecule has 2 fully saturated rings. The van der Waals surface area contributed by atoms with Crippen molar-refractivity contribution in [2.45, 2.75) is 18.8 Å². The molecule has 0 bridgehead atoms. The standard InChI is InChI=1S/C28H26N4O5/c1-35-28(34)20-15-19(32-11-13-36-14-12-32)9-10-22(20)29-26(33)21-16-23(17-5-3-2-4-6-17)30-27-24(21)25(31-37-27)18-7-8-18/h2-6,9-10,15-16,18H,7-8,11-14H2,1H3,(H,29,33). The molecule has 0 unspecified atom stereocenters. The minimum Gasteiger partial charge on any atom is -0.465 e. The van der Waals surface area contributed by atoms with Gasteiger partial charge in [-0.25, -0.2) is 9.78 Å². The van der Waals surface area contributed by atoms with Gasteiger partial charge in [-0.2, -0.15) is 0 Å². The minimum absolute atomic E-state index is 0.260. The number of nitrogens with zero attached hydrogens (tertiary/aromatic N) is 3. The number of morpholine rings is 1. The van der Waals surface area contributed by atoms with E-state index in [1.807, 2.05) is 36.4 Å². The van der Waals surface area contributed by atoms with Crippen molar-refractivity contribution in [2.75, 3.05) is 43.6 Å². The Balaban J connectivity index is 1.40. The molecule has 3 heterocycles. The number of esters is 1. The van der Waals surface area contributed by atoms with Crippen LogP contribution in [0.4, 0.5) is 11.4 Å². The van der Waals surface area contributed by atoms with E-state index in [9.17, 15) is 9.59 Å². The number of ether oxygens (including phenoxy) is 2. The number of hydrogen-bond donors (Lipinski definition) is 1. The summed E-state index contributed by atoms with van der Waals surface area (Å²) in [4.78, 5) is 33.3. The Hall–Kier alpha value is -4.24. The summed E-state index contributed by atoms with van der Waals surface area (Å²) in [6.07, 6.45) is 2.00. The number of rotatable bonds is 6. The monoisotopic (exact) mass is 498 g/mol. The van der Waals surface area contributed by atoms with E-state index >= 15 is 0 Å². The highest BCUT2D eigenvalue weighted by Gasteiger charge is 2.32. The van der Waals surface area contributed by atoms with Crippen molar-refractivity contribution < 1.29 is 23.6 Å². The lowest BCUT2D eigenvalue weighted by Gasteiger charge is -2.29. The Morgan fingerprint density at radius 2 is 1.81 bits per heavy atom. The topological polar surface area (TPSA) is 107 Å². The average molecular weight is 499 g/mol. The molecule has 1 saturated heterocycles. The molecule has 1 N–H and O–H groups in total. The van der Waals surface area contributed by atoms with Gasteiger partial charge in [0.05, 0.1) is 53.9 Å². The first-order valence-corrected chi connectivity index (χ1v) is 12.3. The van der Waals surface area contributed by atoms with Gasteiger partial charge >= 0.3 is 5.97 Å². The Morgan fingerprint density at radius 3 is 2.54 bits per heavy atom. The molecule has 6 rings (SSSR count). The van der Waals surface area contributed by atoms with Crippen LogP contribution in [0.2, 0.25) is 0 Å². The van der Waals surface area contributed by atoms with Gasteiger partial charge in [-0.1, -0.05) is 35.5 Å². The maximum atomic E-state index is 13.8. The summed E-state index contributed by atoms with van der Waals surface area (Å²) in [5, 5.41) is 7.81. The number of fused-ring (bicyclic) bond motifs is 1. The van der Waals surface area contributed by atoms with Crippen LogP contribution >= 0.6 is 0 Å². The number of anilines is 2. The van der Waals surface area contributed by atoms with E-state index in [2.05, 4.69) is 20.4 Å². The van der Waals surface area contributed by atoms with Crippen LogP contribution in [0.5, 0.6) is 0 Å². The van der Waals surface area contributed by atoms with E-state index in [1.165, 1.54) is 7.11 Å². The van der Waals surface area contributed by atoms with Crippen molar-refractivity contribution >= 4 is 34.4 Å². The number of nitrogens with one attached hydrogen (secondary N) is 1. The third-order valence-electron chi connectivity index (χ3n) is 6.78. The van der Waals surface area contributed by atoms with Gasteiger partial charge in [-0.3, -0.25) is 4.79 Å². The quantitative estimate of drug-likeness (QED) is 0.383. The van der Waals surface area contributed by atoms with Crippen molar-refractivity contribution in [1.82, 2.24) is 10.1 Å². The molecule has 2 aromatic heterocycles. The van der Waals surface area contributed by atoms with Crippen LogP contribution in [0.1, 0.15) is 45.2 Å². The van der Waals surface area contributed by atoms with Gasteiger partial charge in [-0.15, -0.1) is 0 Å². The maximum Gasteiger partial charge on any atom is 0.340 e. The molecule has 0 spiro atoms. The van der Waals surface area contributed by atoms with Crippen LogP contribution in [-0.2, 0) is 9.47 Å². The van der Waals surface area contributed by atoms with Crippen LogP contribution in [0.3, 0.4) is 0 Å². The second-order valence-corrected chi connectivity index (χ2v) is 9.22. The summed E-state index contributed by atoms with van der Waals surface area (Å²) in [6.45, 7) is 2.69. The van der Waals surface area contributed by atoms with Crippen LogP contribution in [0, 0.1) is 0 Å². The second-order valence-electron chi connectivity index (χ2n) is 9.22. The Kier molecular flexibility index (Phi) is 6.05. The smallest absolute Gasteiger partial charge is 0.340 e. The van der Waals surface area contributed by atoms with E-state index < -0.39 is 5.97 Å². The number of hydrogen-bond acceptors (Lipinski definition) is 8. The molecule has 9 heteroatoms. The van der Waals surface area contributed by atoms with E-state index in [0.717, 1.165) is 42.9 Å². The van der Waals surface area contributed by atoms with Crippen molar-refractivity contribution in [3.8, 4) is 11.3 Å². The molecular weight excluding hydrogens is 472 g/mol. The zero-order valence-electron chi connectivity index (χ0n) is 20.4. The van der Waals surface area contributed by atoms with Crippen molar-refractivity contribution in [1.29, 1.82) is 0 Å². The zero-order valence-corrected chi connectivity index (χ0v) is 20.4. The maximum absolute atomic E-state index is 13.8. The highest BCUT2D eigenvalue weighted by Crippen LogP contribution is 2.43. The predicted octanol–water partition coefficient (Wildman–Crippen LogP) is 4.64. The van der Waals surface area contributed by atoms with Crippen molar-refractivity contribution in [3.63, 3.8) is 0 Å². The van der Waals surface area contributed by atoms with Gasteiger partial charge in [-0.05, 0) is 37.1 Å². The molecule has 1 saturated carbocycles. The number of benzene rings is 2. The number of pyridine rings is 1. The molecule has 1 aliphatic heterocycles. The van der Waals surface area contributed by atoms with Gasteiger partial charge in [0.1, 0.15) is 0 Å². The minimum atomic E-state index is -0.529. The number of aromatic nitrogens is 2. The Bertz CT molecular complexity index is 1470. The fourth-order valence-corrected chi connectivity index (χ4v) is 4.67. The number of methoxy groups -OCH3 is 1. The molecule has 1 aliphatic carbocycles. The molecule has 0 radical (unpaired) electrons. The van der Waals surface area contributed by atoms with Gasteiger partial charge in [0, 0.05) is 30.3 Å². The van der Waals surface area contributed by atoms with Crippen LogP contribution < -0.4 is 10.2 Å². The summed E-state index contributed by atoms with van der Waals surface area (Å²) in [5.74, 6) is -0.645. The normalized spacial score (nSPS) is 15.5. The molecule has 9 nitrogen and oxygen atoms in total. The lowest BCUT2D eigenvalue weighted by molar-refractivity contribution is 0.0602. The Labute approximate surface area is 213 Å². The van der Waals surface area contributed by atoms with Gasteiger partial charge in [0.15, 0.2) is 0 Å². The summed E-state index contributed by atoms with van der Waals surface area (Å²) >= 11 is 0. The van der Waals surface area contributed by atoms with E-state index in [1.54, 1.807) is 18.2 Å². The van der Waals surface area contributed by atoms with Crippen molar-refractivity contribution in [2.24, 2.45) is 0 Å². The molecule has 2 aromatic carbocycles. The second kappa shape index (κ2) is 9.67. The lowest BCUT2D eigenvalue weighted by Crippen LogP contribution is -2.36. The van der Waals surface area contributed by atoms with E-state index in [4.69, 9.17) is 14.0 Å². The third-order valence-corrected chi connectivity index (χ3v) is 6.78. The largest absolute Gasteiger partial charge is 0.465 e. The third kappa shape index (κ3) is 4.53. The SMILES string of the molecule is COC(=O)c1cc(N2CCOCC2)ccc1NC(=O)c1cc(-c2ccccc2)nc2onc(C3CC3)c12. The van der Waals surface area contributed by atoms with Crippen LogP contribution in [-0.4, -0.2) is 55.4 Å². The van der Waals surface area contributed by atoms with Crippen LogP contribution in [0.15, 0.2) is 59.1 Å². The highest BCUT2D eigenvalue weighted by atomic mass is 16.5. The molecule has 0 atom stereocenters. The first-order valence-electron chi connectivity index (χ1n) is 12.3.